The maximum absolute atomic E-state index is 12.6. The number of nitrogens with one attached hydrogen (secondary N) is 5. The van der Waals surface area contributed by atoms with E-state index in [9.17, 15) is 13.7 Å². The van der Waals surface area contributed by atoms with Crippen molar-refractivity contribution in [1.82, 2.24) is 20.6 Å². The molecule has 0 amide bonds. The first-order chi connectivity index (χ1) is 18.6. The first kappa shape index (κ1) is 28.6. The Kier molecular flexibility index (Phi) is 8.94. The van der Waals surface area contributed by atoms with Crippen molar-refractivity contribution in [2.24, 2.45) is 0 Å². The van der Waals surface area contributed by atoms with E-state index < -0.39 is 20.1 Å². The topological polar surface area (TPSA) is 165 Å². The number of nitrogens with zero attached hydrogens (tertiary/aromatic N) is 3. The Balaban J connectivity index is 1.65. The van der Waals surface area contributed by atoms with Gasteiger partial charge in [-0.05, 0) is 76.2 Å². The molecule has 0 radical (unpaired) electrons. The number of hydrogen-bond donors (Lipinski definition) is 5. The number of benzene rings is 1. The van der Waals surface area contributed by atoms with Gasteiger partial charge in [0, 0.05) is 13.2 Å². The van der Waals surface area contributed by atoms with Gasteiger partial charge in [-0.15, -0.1) is 0 Å². The molecule has 208 valence electrons. The third kappa shape index (κ3) is 6.79. The van der Waals surface area contributed by atoms with Crippen molar-refractivity contribution in [3.63, 3.8) is 0 Å². The fourth-order valence-electron chi connectivity index (χ4n) is 4.18. The summed E-state index contributed by atoms with van der Waals surface area (Å²) in [5.41, 5.74) is 2.07. The van der Waals surface area contributed by atoms with Crippen LogP contribution in [0.2, 0.25) is 5.02 Å². The number of rotatable bonds is 10. The number of hydrogen-bond acceptors (Lipinski definition) is 11. The molecule has 2 aromatic rings. The summed E-state index contributed by atoms with van der Waals surface area (Å²) in [5, 5.41) is 29.1. The molecule has 4 rings (SSSR count). The molecule has 0 bridgehead atoms. The van der Waals surface area contributed by atoms with Crippen molar-refractivity contribution >= 4 is 43.9 Å². The lowest BCUT2D eigenvalue weighted by atomic mass is 9.87. The van der Waals surface area contributed by atoms with E-state index in [0.29, 0.717) is 17.0 Å². The van der Waals surface area contributed by atoms with Gasteiger partial charge in [-0.2, -0.15) is 10.2 Å². The predicted molar refractivity (Wildman–Crippen MR) is 153 cm³/mol. The highest BCUT2D eigenvalue weighted by Gasteiger charge is 2.28. The third-order valence-electron chi connectivity index (χ3n) is 6.55. The van der Waals surface area contributed by atoms with E-state index >= 15 is 0 Å². The van der Waals surface area contributed by atoms with Crippen molar-refractivity contribution in [2.45, 2.75) is 56.8 Å². The van der Waals surface area contributed by atoms with Crippen molar-refractivity contribution in [1.29, 1.82) is 10.7 Å². The van der Waals surface area contributed by atoms with Crippen LogP contribution < -0.4 is 26.0 Å². The molecule has 1 aromatic heterocycles. The largest absolute Gasteiger partial charge is 0.488 e. The summed E-state index contributed by atoms with van der Waals surface area (Å²) < 4.78 is 31.4. The van der Waals surface area contributed by atoms with E-state index in [-0.39, 0.29) is 34.5 Å². The van der Waals surface area contributed by atoms with Crippen molar-refractivity contribution in [2.75, 3.05) is 30.8 Å². The van der Waals surface area contributed by atoms with Gasteiger partial charge in [-0.1, -0.05) is 11.6 Å². The molecule has 2 heterocycles. The zero-order chi connectivity index (χ0) is 28.2. The standard InChI is InChI=1S/C26H33ClN8O3S/c1-15(2)39(36,37)24(29)22(14-30-3)33-25-20(27)13-32-26(35-25)34-21-10-17(12-28)19(16-6-8-31-9-7-16)11-23(21)38-18-4-5-18/h10-11,13-16,18,29-31H,4-9H2,1-3H3,(H2,32,33,34,35)/b22-14+,29-24?. The van der Waals surface area contributed by atoms with E-state index in [1.165, 1.54) is 26.2 Å². The molecular weight excluding hydrogens is 540 g/mol. The lowest BCUT2D eigenvalue weighted by molar-refractivity contribution is 0.304. The summed E-state index contributed by atoms with van der Waals surface area (Å²) in [6, 6.07) is 6.04. The molecule has 1 saturated carbocycles. The van der Waals surface area contributed by atoms with Crippen LogP contribution in [-0.4, -0.2) is 54.9 Å². The fourth-order valence-corrected chi connectivity index (χ4v) is 5.20. The molecule has 2 fully saturated rings. The normalized spacial score (nSPS) is 16.5. The van der Waals surface area contributed by atoms with E-state index in [2.05, 4.69) is 37.3 Å². The zero-order valence-corrected chi connectivity index (χ0v) is 23.7. The summed E-state index contributed by atoms with van der Waals surface area (Å²) in [5.74, 6) is 1.16. The summed E-state index contributed by atoms with van der Waals surface area (Å²) in [7, 11) is -2.27. The highest BCUT2D eigenvalue weighted by Crippen LogP contribution is 2.39. The zero-order valence-electron chi connectivity index (χ0n) is 22.1. The first-order valence-electron chi connectivity index (χ1n) is 12.9. The number of piperidine rings is 1. The number of halogens is 1. The van der Waals surface area contributed by atoms with Crippen LogP contribution in [0, 0.1) is 16.7 Å². The van der Waals surface area contributed by atoms with Gasteiger partial charge in [0.1, 0.15) is 10.8 Å². The molecule has 0 atom stereocenters. The molecule has 11 nitrogen and oxygen atoms in total. The first-order valence-corrected chi connectivity index (χ1v) is 14.8. The number of nitriles is 1. The van der Waals surface area contributed by atoms with Crippen molar-refractivity contribution in [3.05, 3.63) is 46.4 Å². The molecule has 0 unspecified atom stereocenters. The summed E-state index contributed by atoms with van der Waals surface area (Å²) in [6.45, 7) is 4.83. The minimum Gasteiger partial charge on any atom is -0.488 e. The highest BCUT2D eigenvalue weighted by atomic mass is 35.5. The minimum atomic E-state index is -3.86. The number of ether oxygens (including phenoxy) is 1. The Morgan fingerprint density at radius 3 is 2.62 bits per heavy atom. The average molecular weight is 573 g/mol. The van der Waals surface area contributed by atoms with Gasteiger partial charge in [0.25, 0.3) is 0 Å². The third-order valence-corrected chi connectivity index (χ3v) is 8.86. The molecule has 5 N–H and O–H groups in total. The van der Waals surface area contributed by atoms with Gasteiger partial charge in [0.2, 0.25) is 5.95 Å². The molecule has 1 aliphatic carbocycles. The van der Waals surface area contributed by atoms with Crippen LogP contribution in [0.25, 0.3) is 0 Å². The van der Waals surface area contributed by atoms with Gasteiger partial charge in [0.15, 0.2) is 20.7 Å². The van der Waals surface area contributed by atoms with Gasteiger partial charge >= 0.3 is 0 Å². The molecule has 1 saturated heterocycles. The fraction of sp³-hybridized carbons (Fsp3) is 0.462. The van der Waals surface area contributed by atoms with E-state index in [4.69, 9.17) is 21.7 Å². The predicted octanol–water partition coefficient (Wildman–Crippen LogP) is 4.03. The van der Waals surface area contributed by atoms with Crippen molar-refractivity contribution in [3.8, 4) is 11.8 Å². The van der Waals surface area contributed by atoms with Crippen LogP contribution in [0.4, 0.5) is 17.5 Å². The molecular formula is C26H33ClN8O3S. The Bertz CT molecular complexity index is 1410. The van der Waals surface area contributed by atoms with Crippen LogP contribution in [0.1, 0.15) is 56.6 Å². The van der Waals surface area contributed by atoms with Crippen LogP contribution in [0.5, 0.6) is 5.75 Å². The number of sulfone groups is 1. The second kappa shape index (κ2) is 12.2. The lowest BCUT2D eigenvalue weighted by Gasteiger charge is -2.25. The van der Waals surface area contributed by atoms with Gasteiger partial charge in [0.05, 0.1) is 40.6 Å². The Morgan fingerprint density at radius 1 is 1.28 bits per heavy atom. The van der Waals surface area contributed by atoms with Crippen LogP contribution in [0.3, 0.4) is 0 Å². The SMILES string of the molecule is CN/C=C(/Nc1nc(Nc2cc(C#N)c(C3CCNCC3)cc2OC2CC2)ncc1Cl)C(=N)S(=O)(=O)C(C)C. The van der Waals surface area contributed by atoms with E-state index in [1.807, 2.05) is 6.07 Å². The Labute approximate surface area is 233 Å². The van der Waals surface area contributed by atoms with Crippen LogP contribution in [0.15, 0.2) is 30.2 Å². The van der Waals surface area contributed by atoms with Crippen molar-refractivity contribution < 1.29 is 13.2 Å². The smallest absolute Gasteiger partial charge is 0.229 e. The quantitative estimate of drug-likeness (QED) is 0.207. The molecule has 1 aromatic carbocycles. The van der Waals surface area contributed by atoms with Gasteiger partial charge in [-0.25, -0.2) is 13.4 Å². The van der Waals surface area contributed by atoms with Gasteiger partial charge in [-0.3, -0.25) is 5.41 Å². The van der Waals surface area contributed by atoms with E-state index in [0.717, 1.165) is 44.3 Å². The van der Waals surface area contributed by atoms with Crippen LogP contribution >= 0.6 is 11.6 Å². The Morgan fingerprint density at radius 2 is 2.00 bits per heavy atom. The monoisotopic (exact) mass is 572 g/mol. The summed E-state index contributed by atoms with van der Waals surface area (Å²) in [4.78, 5) is 8.70. The molecule has 39 heavy (non-hydrogen) atoms. The van der Waals surface area contributed by atoms with E-state index in [1.54, 1.807) is 13.1 Å². The summed E-state index contributed by atoms with van der Waals surface area (Å²) >= 11 is 6.33. The van der Waals surface area contributed by atoms with Crippen LogP contribution in [-0.2, 0) is 9.84 Å². The minimum absolute atomic E-state index is 0.0198. The number of anilines is 3. The molecule has 2 aliphatic rings. The second-order valence-corrected chi connectivity index (χ2v) is 12.6. The van der Waals surface area contributed by atoms with Gasteiger partial charge < -0.3 is 26.0 Å². The molecule has 13 heteroatoms. The number of aromatic nitrogens is 2. The maximum Gasteiger partial charge on any atom is 0.229 e. The Hall–Kier alpha value is -3.40. The summed E-state index contributed by atoms with van der Waals surface area (Å²) in [6.07, 6.45) is 6.69. The maximum atomic E-state index is 12.6. The lowest BCUT2D eigenvalue weighted by Crippen LogP contribution is -2.28. The molecule has 1 aliphatic heterocycles. The average Bonchev–Trinajstić information content (AvgIpc) is 3.75. The highest BCUT2D eigenvalue weighted by molar-refractivity contribution is 8.07. The molecule has 0 spiro atoms. The second-order valence-electron chi connectivity index (χ2n) is 9.80.